The molecule has 0 aliphatic rings. The Morgan fingerprint density at radius 3 is 2.36 bits per heavy atom. The van der Waals surface area contributed by atoms with E-state index in [0.717, 1.165) is 19.2 Å². The fraction of sp³-hybridized carbons (Fsp3) is 0.385. The molecule has 0 saturated carbocycles. The number of benzene rings is 1. The quantitative estimate of drug-likeness (QED) is 0.753. The fourth-order valence-corrected chi connectivity index (χ4v) is 3.39. The van der Waals surface area contributed by atoms with Crippen molar-refractivity contribution in [3.63, 3.8) is 0 Å². The van der Waals surface area contributed by atoms with Gasteiger partial charge in [0.25, 0.3) is 0 Å². The number of rotatable bonds is 6. The van der Waals surface area contributed by atoms with Crippen LogP contribution in [-0.2, 0) is 19.6 Å². The minimum Gasteiger partial charge on any atom is -0.480 e. The Hall–Kier alpha value is -1.64. The van der Waals surface area contributed by atoms with Crippen LogP contribution in [0, 0.1) is 5.92 Å². The van der Waals surface area contributed by atoms with E-state index in [1.165, 1.54) is 6.07 Å². The van der Waals surface area contributed by atoms with Gasteiger partial charge in [0, 0.05) is 5.02 Å². The minimum absolute atomic E-state index is 0.151. The number of carboxylic acid groups (broad SMARTS) is 1. The van der Waals surface area contributed by atoms with Gasteiger partial charge in [-0.1, -0.05) is 25.4 Å². The highest BCUT2D eigenvalue weighted by Gasteiger charge is 2.30. The third kappa shape index (κ3) is 4.19. The topological polar surface area (TPSA) is 110 Å². The van der Waals surface area contributed by atoms with Gasteiger partial charge in [0.2, 0.25) is 10.0 Å². The molecule has 0 bridgehead atoms. The summed E-state index contributed by atoms with van der Waals surface area (Å²) < 4.78 is 31.3. The predicted octanol–water partition coefficient (Wildman–Crippen LogP) is 1.51. The summed E-state index contributed by atoms with van der Waals surface area (Å²) >= 11 is 5.76. The van der Waals surface area contributed by atoms with Crippen molar-refractivity contribution in [2.75, 3.05) is 7.11 Å². The summed E-state index contributed by atoms with van der Waals surface area (Å²) in [6, 6.07) is 2.22. The number of esters is 1. The van der Waals surface area contributed by atoms with Crippen LogP contribution in [0.4, 0.5) is 0 Å². The molecule has 2 N–H and O–H groups in total. The van der Waals surface area contributed by atoms with Crippen molar-refractivity contribution in [3.8, 4) is 0 Å². The van der Waals surface area contributed by atoms with E-state index >= 15 is 0 Å². The number of aliphatic carboxylic acids is 1. The third-order valence-electron chi connectivity index (χ3n) is 2.85. The zero-order valence-electron chi connectivity index (χ0n) is 12.2. The van der Waals surface area contributed by atoms with Crippen LogP contribution in [0.2, 0.25) is 5.02 Å². The number of nitrogens with one attached hydrogen (secondary N) is 1. The molecule has 0 spiro atoms. The molecule has 0 aromatic heterocycles. The first-order chi connectivity index (χ1) is 10.1. The largest absolute Gasteiger partial charge is 0.480 e. The number of halogens is 1. The van der Waals surface area contributed by atoms with Gasteiger partial charge >= 0.3 is 11.9 Å². The molecular formula is C13H16ClNO6S. The first-order valence-corrected chi connectivity index (χ1v) is 8.09. The van der Waals surface area contributed by atoms with E-state index in [9.17, 15) is 18.0 Å². The maximum absolute atomic E-state index is 12.4. The molecule has 22 heavy (non-hydrogen) atoms. The van der Waals surface area contributed by atoms with Gasteiger partial charge in [-0.3, -0.25) is 4.79 Å². The monoisotopic (exact) mass is 349 g/mol. The van der Waals surface area contributed by atoms with Crippen molar-refractivity contribution in [2.45, 2.75) is 24.8 Å². The number of carbonyl (C=O) groups excluding carboxylic acids is 1. The number of ether oxygens (including phenoxy) is 1. The molecule has 1 rings (SSSR count). The highest BCUT2D eigenvalue weighted by Crippen LogP contribution is 2.22. The average Bonchev–Trinajstić information content (AvgIpc) is 2.42. The lowest BCUT2D eigenvalue weighted by Crippen LogP contribution is -2.44. The second-order valence-corrected chi connectivity index (χ2v) is 6.93. The molecule has 1 aromatic rings. The molecule has 0 radical (unpaired) electrons. The number of hydrogen-bond donors (Lipinski definition) is 2. The van der Waals surface area contributed by atoms with Crippen LogP contribution in [0.3, 0.4) is 0 Å². The molecule has 0 aliphatic heterocycles. The van der Waals surface area contributed by atoms with Crippen molar-refractivity contribution >= 4 is 33.6 Å². The van der Waals surface area contributed by atoms with Gasteiger partial charge in [-0.2, -0.15) is 4.72 Å². The van der Waals surface area contributed by atoms with E-state index in [-0.39, 0.29) is 10.6 Å². The van der Waals surface area contributed by atoms with E-state index in [1.54, 1.807) is 13.8 Å². The zero-order chi connectivity index (χ0) is 17.1. The van der Waals surface area contributed by atoms with Crippen LogP contribution in [0.15, 0.2) is 23.1 Å². The molecule has 0 amide bonds. The maximum atomic E-state index is 12.4. The summed E-state index contributed by atoms with van der Waals surface area (Å²) in [6.07, 6.45) is 0. The van der Waals surface area contributed by atoms with E-state index in [2.05, 4.69) is 9.46 Å². The summed E-state index contributed by atoms with van der Waals surface area (Å²) in [7, 11) is -3.14. The lowest BCUT2D eigenvalue weighted by atomic mass is 10.1. The van der Waals surface area contributed by atoms with Gasteiger partial charge in [0.1, 0.15) is 6.04 Å². The number of hydrogen-bond acceptors (Lipinski definition) is 5. The number of carboxylic acids is 1. The molecule has 7 nitrogen and oxygen atoms in total. The molecule has 0 fully saturated rings. The normalized spacial score (nSPS) is 13.0. The van der Waals surface area contributed by atoms with Gasteiger partial charge in [-0.15, -0.1) is 0 Å². The highest BCUT2D eigenvalue weighted by molar-refractivity contribution is 7.89. The zero-order valence-corrected chi connectivity index (χ0v) is 13.7. The van der Waals surface area contributed by atoms with Gasteiger partial charge in [-0.05, 0) is 24.1 Å². The van der Waals surface area contributed by atoms with Crippen molar-refractivity contribution in [1.29, 1.82) is 0 Å². The van der Waals surface area contributed by atoms with Crippen molar-refractivity contribution < 1.29 is 27.9 Å². The Kier molecular flexibility index (Phi) is 5.92. The van der Waals surface area contributed by atoms with Crippen LogP contribution in [0.25, 0.3) is 0 Å². The lowest BCUT2D eigenvalue weighted by Gasteiger charge is -2.19. The van der Waals surface area contributed by atoms with Gasteiger partial charge in [-0.25, -0.2) is 13.2 Å². The summed E-state index contributed by atoms with van der Waals surface area (Å²) in [4.78, 5) is 22.4. The van der Waals surface area contributed by atoms with E-state index in [0.29, 0.717) is 0 Å². The summed E-state index contributed by atoms with van der Waals surface area (Å²) in [5.41, 5.74) is -0.268. The third-order valence-corrected chi connectivity index (χ3v) is 4.59. The van der Waals surface area contributed by atoms with Crippen LogP contribution in [-0.4, -0.2) is 38.6 Å². The molecule has 0 aliphatic carbocycles. The number of sulfonamides is 1. The molecular weight excluding hydrogens is 334 g/mol. The Morgan fingerprint density at radius 2 is 1.91 bits per heavy atom. The smallest absolute Gasteiger partial charge is 0.339 e. The second-order valence-electron chi connectivity index (χ2n) is 4.81. The molecule has 0 unspecified atom stereocenters. The lowest BCUT2D eigenvalue weighted by molar-refractivity contribution is -0.140. The Balaban J connectivity index is 3.34. The van der Waals surface area contributed by atoms with Crippen molar-refractivity contribution in [1.82, 2.24) is 4.72 Å². The average molecular weight is 350 g/mol. The number of methoxy groups -OCH3 is 1. The van der Waals surface area contributed by atoms with Crippen molar-refractivity contribution in [2.24, 2.45) is 5.92 Å². The standard InChI is InChI=1S/C13H16ClNO6S/c1-7(2)11(12(16)17)15-22(19,20)10-5-4-8(14)6-9(10)13(18)21-3/h4-7,11,15H,1-3H3,(H,16,17)/t11-/m1/s1. The molecule has 9 heteroatoms. The molecule has 1 aromatic carbocycles. The second kappa shape index (κ2) is 7.08. The number of carbonyl (C=O) groups is 2. The Morgan fingerprint density at radius 1 is 1.32 bits per heavy atom. The van der Waals surface area contributed by atoms with E-state index in [1.807, 2.05) is 0 Å². The molecule has 1 atom stereocenters. The fourth-order valence-electron chi connectivity index (χ4n) is 1.71. The van der Waals surface area contributed by atoms with Crippen LogP contribution >= 0.6 is 11.6 Å². The van der Waals surface area contributed by atoms with Gasteiger partial charge in [0.15, 0.2) is 0 Å². The van der Waals surface area contributed by atoms with Crippen LogP contribution < -0.4 is 4.72 Å². The molecule has 0 heterocycles. The molecule has 122 valence electrons. The summed E-state index contributed by atoms with van der Waals surface area (Å²) in [5.74, 6) is -2.69. The molecule has 0 saturated heterocycles. The van der Waals surface area contributed by atoms with E-state index < -0.39 is 38.8 Å². The van der Waals surface area contributed by atoms with Gasteiger partial charge in [0.05, 0.1) is 17.6 Å². The van der Waals surface area contributed by atoms with Crippen LogP contribution in [0.5, 0.6) is 0 Å². The van der Waals surface area contributed by atoms with Gasteiger partial charge < -0.3 is 9.84 Å². The predicted molar refractivity (Wildman–Crippen MR) is 79.4 cm³/mol. The highest BCUT2D eigenvalue weighted by atomic mass is 35.5. The van der Waals surface area contributed by atoms with Crippen molar-refractivity contribution in [3.05, 3.63) is 28.8 Å². The minimum atomic E-state index is -4.24. The SMILES string of the molecule is COC(=O)c1cc(Cl)ccc1S(=O)(=O)N[C@@H](C(=O)O)C(C)C. The Bertz CT molecular complexity index is 686. The first kappa shape index (κ1) is 18.4. The van der Waals surface area contributed by atoms with Crippen LogP contribution in [0.1, 0.15) is 24.2 Å². The first-order valence-electron chi connectivity index (χ1n) is 6.23. The van der Waals surface area contributed by atoms with E-state index in [4.69, 9.17) is 16.7 Å². The summed E-state index contributed by atoms with van der Waals surface area (Å²) in [6.45, 7) is 3.12. The Labute approximate surface area is 133 Å². The maximum Gasteiger partial charge on any atom is 0.339 e. The summed E-state index contributed by atoms with van der Waals surface area (Å²) in [5, 5.41) is 9.23.